The number of rotatable bonds is 4. The zero-order valence-corrected chi connectivity index (χ0v) is 16.7. The zero-order chi connectivity index (χ0) is 20.3. The Hall–Kier alpha value is -2.17. The number of hydrogen-bond donors (Lipinski definition) is 0. The lowest BCUT2D eigenvalue weighted by atomic mass is 9.48. The molecule has 2 nitrogen and oxygen atoms in total. The first-order valence-corrected chi connectivity index (χ1v) is 10.3. The van der Waals surface area contributed by atoms with Crippen molar-refractivity contribution in [2.75, 3.05) is 14.2 Å². The third kappa shape index (κ3) is 2.84. The summed E-state index contributed by atoms with van der Waals surface area (Å²) in [7, 11) is 2.82. The van der Waals surface area contributed by atoms with Crippen LogP contribution in [0.25, 0.3) is 11.1 Å². The molecule has 4 aliphatic carbocycles. The van der Waals surface area contributed by atoms with E-state index in [1.165, 1.54) is 26.4 Å². The number of benzene rings is 2. The zero-order valence-electron chi connectivity index (χ0n) is 16.7. The van der Waals surface area contributed by atoms with Gasteiger partial charge in [-0.15, -0.1) is 0 Å². The van der Waals surface area contributed by atoms with Crippen LogP contribution >= 0.6 is 0 Å². The Kier molecular flexibility index (Phi) is 4.34. The van der Waals surface area contributed by atoms with Crippen LogP contribution in [0.2, 0.25) is 0 Å². The van der Waals surface area contributed by atoms with Gasteiger partial charge in [-0.05, 0) is 79.4 Å². The summed E-state index contributed by atoms with van der Waals surface area (Å²) in [5, 5.41) is 0. The number of methoxy groups -OCH3 is 2. The normalized spacial score (nSPS) is 29.9. The predicted octanol–water partition coefficient (Wildman–Crippen LogP) is 6.26. The first-order valence-electron chi connectivity index (χ1n) is 10.3. The van der Waals surface area contributed by atoms with Crippen molar-refractivity contribution in [1.29, 1.82) is 0 Å². The van der Waals surface area contributed by atoms with E-state index in [-0.39, 0.29) is 11.0 Å². The van der Waals surface area contributed by atoms with Gasteiger partial charge in [0.1, 0.15) is 11.6 Å². The maximum atomic E-state index is 14.9. The molecule has 0 saturated heterocycles. The highest BCUT2D eigenvalue weighted by Gasteiger charge is 2.52. The van der Waals surface area contributed by atoms with E-state index in [9.17, 15) is 13.2 Å². The van der Waals surface area contributed by atoms with Gasteiger partial charge >= 0.3 is 0 Å². The second kappa shape index (κ2) is 6.68. The monoisotopic (exact) mass is 402 g/mol. The average Bonchev–Trinajstić information content (AvgIpc) is 2.67. The third-order valence-corrected chi connectivity index (χ3v) is 7.43. The van der Waals surface area contributed by atoms with Crippen LogP contribution in [0.1, 0.15) is 44.1 Å². The molecule has 0 radical (unpaired) electrons. The molecule has 4 saturated carbocycles. The molecule has 4 fully saturated rings. The Balaban J connectivity index is 1.66. The lowest BCUT2D eigenvalue weighted by molar-refractivity contribution is -0.00613. The Morgan fingerprint density at radius 1 is 0.828 bits per heavy atom. The molecule has 0 spiro atoms. The quantitative estimate of drug-likeness (QED) is 0.601. The van der Waals surface area contributed by atoms with Gasteiger partial charge in [0.2, 0.25) is 0 Å². The van der Waals surface area contributed by atoms with Crippen molar-refractivity contribution in [2.24, 2.45) is 17.8 Å². The predicted molar refractivity (Wildman–Crippen MR) is 105 cm³/mol. The molecule has 0 heterocycles. The Morgan fingerprint density at radius 2 is 1.45 bits per heavy atom. The second-order valence-corrected chi connectivity index (χ2v) is 9.18. The smallest absolute Gasteiger partial charge is 0.191 e. The van der Waals surface area contributed by atoms with E-state index in [2.05, 4.69) is 0 Å². The number of halogens is 3. The van der Waals surface area contributed by atoms with Crippen molar-refractivity contribution in [3.8, 4) is 22.6 Å². The molecular weight excluding hydrogens is 377 g/mol. The van der Waals surface area contributed by atoms with Crippen LogP contribution in [0, 0.1) is 35.2 Å². The third-order valence-electron chi connectivity index (χ3n) is 7.43. The van der Waals surface area contributed by atoms with Crippen LogP contribution in [0.15, 0.2) is 24.3 Å². The minimum absolute atomic E-state index is 0.00712. The summed E-state index contributed by atoms with van der Waals surface area (Å²) < 4.78 is 53.9. The van der Waals surface area contributed by atoms with E-state index in [0.717, 1.165) is 48.3 Å². The van der Waals surface area contributed by atoms with Crippen molar-refractivity contribution >= 4 is 0 Å². The molecule has 0 atom stereocenters. The van der Waals surface area contributed by atoms with Crippen LogP contribution in [0.4, 0.5) is 13.2 Å². The molecule has 5 heteroatoms. The van der Waals surface area contributed by atoms with Gasteiger partial charge < -0.3 is 9.47 Å². The lowest BCUT2D eigenvalue weighted by Gasteiger charge is -2.57. The Morgan fingerprint density at radius 3 is 2.00 bits per heavy atom. The lowest BCUT2D eigenvalue weighted by Crippen LogP contribution is -2.48. The molecule has 0 amide bonds. The maximum absolute atomic E-state index is 14.9. The summed E-state index contributed by atoms with van der Waals surface area (Å²) in [5.74, 6) is -0.578. The van der Waals surface area contributed by atoms with Gasteiger partial charge in [-0.2, -0.15) is 0 Å². The summed E-state index contributed by atoms with van der Waals surface area (Å²) in [4.78, 5) is 0. The Bertz CT molecular complexity index is 934. The second-order valence-electron chi connectivity index (χ2n) is 9.18. The van der Waals surface area contributed by atoms with Gasteiger partial charge in [-0.3, -0.25) is 0 Å². The highest BCUT2D eigenvalue weighted by molar-refractivity contribution is 5.69. The highest BCUT2D eigenvalue weighted by atomic mass is 19.1. The summed E-state index contributed by atoms with van der Waals surface area (Å²) in [6.07, 6.45) is 7.24. The highest BCUT2D eigenvalue weighted by Crippen LogP contribution is 2.62. The molecule has 4 aliphatic rings. The van der Waals surface area contributed by atoms with Gasteiger partial charge in [-0.25, -0.2) is 13.2 Å². The average molecular weight is 402 g/mol. The van der Waals surface area contributed by atoms with Crippen LogP contribution in [-0.4, -0.2) is 14.2 Å². The standard InChI is InChI=1S/C24H25F3O2/c1-28-20-4-3-16(21-18(25)9-19(26)23(29-2)22(21)27)8-17(20)24-10-13-5-14(11-24)7-15(6-13)12-24/h3-4,8-9,13-15H,5-7,10-12H2,1-2H3. The molecule has 0 aliphatic heterocycles. The summed E-state index contributed by atoms with van der Waals surface area (Å²) >= 11 is 0. The molecule has 4 bridgehead atoms. The van der Waals surface area contributed by atoms with E-state index >= 15 is 0 Å². The Labute approximate surface area is 169 Å². The number of ether oxygens (including phenoxy) is 2. The van der Waals surface area contributed by atoms with Gasteiger partial charge in [0.05, 0.1) is 19.8 Å². The van der Waals surface area contributed by atoms with Crippen LogP contribution < -0.4 is 9.47 Å². The molecule has 0 N–H and O–H groups in total. The summed E-state index contributed by atoms with van der Waals surface area (Å²) in [6, 6.07) is 5.98. The van der Waals surface area contributed by atoms with Crippen molar-refractivity contribution < 1.29 is 22.6 Å². The summed E-state index contributed by atoms with van der Waals surface area (Å²) in [5.41, 5.74) is 1.19. The molecule has 2 aromatic rings. The molecule has 6 rings (SSSR count). The molecule has 29 heavy (non-hydrogen) atoms. The fourth-order valence-electron chi connectivity index (χ4n) is 6.74. The van der Waals surface area contributed by atoms with Crippen LogP contribution in [-0.2, 0) is 5.41 Å². The molecule has 0 unspecified atom stereocenters. The van der Waals surface area contributed by atoms with Crippen molar-refractivity contribution in [1.82, 2.24) is 0 Å². The molecule has 0 aromatic heterocycles. The van der Waals surface area contributed by atoms with Gasteiger partial charge in [0.25, 0.3) is 0 Å². The minimum atomic E-state index is -1.04. The molecule has 2 aromatic carbocycles. The van der Waals surface area contributed by atoms with Gasteiger partial charge in [0.15, 0.2) is 17.4 Å². The van der Waals surface area contributed by atoms with Crippen LogP contribution in [0.3, 0.4) is 0 Å². The van der Waals surface area contributed by atoms with E-state index in [1.807, 2.05) is 6.07 Å². The summed E-state index contributed by atoms with van der Waals surface area (Å²) in [6.45, 7) is 0. The van der Waals surface area contributed by atoms with Crippen molar-refractivity contribution in [2.45, 2.75) is 43.9 Å². The molecular formula is C24H25F3O2. The van der Waals surface area contributed by atoms with Crippen LogP contribution in [0.5, 0.6) is 11.5 Å². The van der Waals surface area contributed by atoms with E-state index in [0.29, 0.717) is 11.6 Å². The first kappa shape index (κ1) is 18.8. The van der Waals surface area contributed by atoms with E-state index < -0.39 is 23.2 Å². The van der Waals surface area contributed by atoms with Crippen molar-refractivity contribution in [3.05, 3.63) is 47.3 Å². The van der Waals surface area contributed by atoms with Crippen molar-refractivity contribution in [3.63, 3.8) is 0 Å². The first-order chi connectivity index (χ1) is 13.9. The van der Waals surface area contributed by atoms with Gasteiger partial charge in [0, 0.05) is 11.6 Å². The SMILES string of the molecule is COc1ccc(-c2c(F)cc(F)c(OC)c2F)cc1C12CC3CC(CC(C3)C1)C2. The fraction of sp³-hybridized carbons (Fsp3) is 0.500. The number of hydrogen-bond acceptors (Lipinski definition) is 2. The van der Waals surface area contributed by atoms with E-state index in [1.54, 1.807) is 19.2 Å². The fourth-order valence-corrected chi connectivity index (χ4v) is 6.74. The molecule has 154 valence electrons. The van der Waals surface area contributed by atoms with E-state index in [4.69, 9.17) is 9.47 Å². The maximum Gasteiger partial charge on any atom is 0.191 e. The largest absolute Gasteiger partial charge is 0.496 e. The van der Waals surface area contributed by atoms with Gasteiger partial charge in [-0.1, -0.05) is 6.07 Å². The minimum Gasteiger partial charge on any atom is -0.496 e. The topological polar surface area (TPSA) is 18.5 Å².